The quantitative estimate of drug-likeness (QED) is 0.723. The monoisotopic (exact) mass is 322 g/mol. The molecule has 1 aliphatic heterocycles. The molecule has 1 amide bonds. The standard InChI is InChI=1S/C18H18N4O2/c1-20-9-4-5-14(17(20)23)18(24)21-10-8-13(11-21)22-12-19-15-6-2-3-7-16(15)22/h2-7,9,12-13H,8,10-11H2,1H3/t13-/m0/s1. The topological polar surface area (TPSA) is 60.1 Å². The molecule has 24 heavy (non-hydrogen) atoms. The number of rotatable bonds is 2. The minimum absolute atomic E-state index is 0.189. The van der Waals surface area contributed by atoms with Crippen molar-refractivity contribution in [2.75, 3.05) is 13.1 Å². The third kappa shape index (κ3) is 2.31. The first-order chi connectivity index (χ1) is 11.6. The molecule has 0 unspecified atom stereocenters. The highest BCUT2D eigenvalue weighted by Crippen LogP contribution is 2.26. The maximum Gasteiger partial charge on any atom is 0.263 e. The molecule has 1 aromatic carbocycles. The van der Waals surface area contributed by atoms with Gasteiger partial charge < -0.3 is 14.0 Å². The number of nitrogens with zero attached hydrogens (tertiary/aromatic N) is 4. The smallest absolute Gasteiger partial charge is 0.263 e. The lowest BCUT2D eigenvalue weighted by atomic mass is 10.2. The van der Waals surface area contributed by atoms with Gasteiger partial charge in [-0.1, -0.05) is 12.1 Å². The fourth-order valence-electron chi connectivity index (χ4n) is 3.35. The van der Waals surface area contributed by atoms with Crippen molar-refractivity contribution in [3.05, 3.63) is 64.8 Å². The summed E-state index contributed by atoms with van der Waals surface area (Å²) in [4.78, 5) is 31.0. The van der Waals surface area contributed by atoms with Crippen LogP contribution in [0.25, 0.3) is 11.0 Å². The van der Waals surface area contributed by atoms with Gasteiger partial charge in [-0.25, -0.2) is 4.98 Å². The van der Waals surface area contributed by atoms with Crippen LogP contribution < -0.4 is 5.56 Å². The molecule has 0 bridgehead atoms. The van der Waals surface area contributed by atoms with Crippen LogP contribution in [-0.2, 0) is 7.05 Å². The molecule has 3 heterocycles. The number of benzene rings is 1. The van der Waals surface area contributed by atoms with E-state index in [4.69, 9.17) is 0 Å². The predicted octanol–water partition coefficient (Wildman–Crippen LogP) is 1.82. The van der Waals surface area contributed by atoms with E-state index in [2.05, 4.69) is 9.55 Å². The Bertz CT molecular complexity index is 972. The summed E-state index contributed by atoms with van der Waals surface area (Å²) in [5.41, 5.74) is 2.02. The van der Waals surface area contributed by atoms with Crippen molar-refractivity contribution in [3.8, 4) is 0 Å². The molecule has 122 valence electrons. The molecular formula is C18H18N4O2. The van der Waals surface area contributed by atoms with Crippen LogP contribution >= 0.6 is 0 Å². The fourth-order valence-corrected chi connectivity index (χ4v) is 3.35. The lowest BCUT2D eigenvalue weighted by molar-refractivity contribution is 0.0785. The molecule has 0 aliphatic carbocycles. The highest BCUT2D eigenvalue weighted by molar-refractivity contribution is 5.94. The molecule has 1 atom stereocenters. The number of carbonyl (C=O) groups is 1. The average molecular weight is 322 g/mol. The number of hydrogen-bond acceptors (Lipinski definition) is 3. The number of likely N-dealkylation sites (tertiary alicyclic amines) is 1. The molecule has 1 saturated heterocycles. The Kier molecular flexibility index (Phi) is 3.45. The highest BCUT2D eigenvalue weighted by Gasteiger charge is 2.29. The molecule has 3 aromatic rings. The molecule has 0 N–H and O–H groups in total. The molecule has 1 fully saturated rings. The van der Waals surface area contributed by atoms with Gasteiger partial charge in [-0.15, -0.1) is 0 Å². The molecule has 2 aromatic heterocycles. The van der Waals surface area contributed by atoms with E-state index in [-0.39, 0.29) is 23.1 Å². The number of fused-ring (bicyclic) bond motifs is 1. The van der Waals surface area contributed by atoms with Gasteiger partial charge in [0.05, 0.1) is 23.4 Å². The van der Waals surface area contributed by atoms with Crippen molar-refractivity contribution in [1.82, 2.24) is 19.0 Å². The third-order valence-electron chi connectivity index (χ3n) is 4.68. The number of aryl methyl sites for hydroxylation is 1. The second-order valence-corrected chi connectivity index (χ2v) is 6.17. The van der Waals surface area contributed by atoms with Crippen LogP contribution in [-0.4, -0.2) is 38.0 Å². The first-order valence-corrected chi connectivity index (χ1v) is 8.01. The average Bonchev–Trinajstić information content (AvgIpc) is 3.23. The molecule has 0 spiro atoms. The lowest BCUT2D eigenvalue weighted by Gasteiger charge is -2.17. The first kappa shape index (κ1) is 14.7. The van der Waals surface area contributed by atoms with Crippen LogP contribution in [0, 0.1) is 0 Å². The third-order valence-corrected chi connectivity index (χ3v) is 4.68. The van der Waals surface area contributed by atoms with Crippen LogP contribution in [0.15, 0.2) is 53.7 Å². The number of para-hydroxylation sites is 2. The summed E-state index contributed by atoms with van der Waals surface area (Å²) < 4.78 is 3.57. The molecule has 6 nitrogen and oxygen atoms in total. The van der Waals surface area contributed by atoms with Crippen LogP contribution in [0.5, 0.6) is 0 Å². The van der Waals surface area contributed by atoms with E-state index in [9.17, 15) is 9.59 Å². The van der Waals surface area contributed by atoms with Gasteiger partial charge in [-0.2, -0.15) is 0 Å². The van der Waals surface area contributed by atoms with Crippen LogP contribution in [0.3, 0.4) is 0 Å². The first-order valence-electron chi connectivity index (χ1n) is 8.01. The van der Waals surface area contributed by atoms with E-state index in [1.54, 1.807) is 30.3 Å². The number of hydrogen-bond donors (Lipinski definition) is 0. The summed E-state index contributed by atoms with van der Waals surface area (Å²) in [5, 5.41) is 0. The second-order valence-electron chi connectivity index (χ2n) is 6.17. The van der Waals surface area contributed by atoms with Crippen molar-refractivity contribution in [3.63, 3.8) is 0 Å². The van der Waals surface area contributed by atoms with Gasteiger partial charge in [0.1, 0.15) is 5.56 Å². The number of imidazole rings is 1. The maximum atomic E-state index is 12.7. The van der Waals surface area contributed by atoms with Crippen molar-refractivity contribution in [2.45, 2.75) is 12.5 Å². The summed E-state index contributed by atoms with van der Waals surface area (Å²) in [6, 6.07) is 11.5. The number of aromatic nitrogens is 3. The van der Waals surface area contributed by atoms with Crippen molar-refractivity contribution in [1.29, 1.82) is 0 Å². The number of pyridine rings is 1. The molecule has 4 rings (SSSR count). The Labute approximate surface area is 139 Å². The van der Waals surface area contributed by atoms with Crippen LogP contribution in [0.2, 0.25) is 0 Å². The van der Waals surface area contributed by atoms with Crippen molar-refractivity contribution < 1.29 is 4.79 Å². The number of carbonyl (C=O) groups excluding carboxylic acids is 1. The van der Waals surface area contributed by atoms with Crippen LogP contribution in [0.1, 0.15) is 22.8 Å². The molecule has 0 saturated carbocycles. The van der Waals surface area contributed by atoms with E-state index in [0.717, 1.165) is 17.5 Å². The minimum Gasteiger partial charge on any atom is -0.336 e. The second kappa shape index (κ2) is 5.63. The van der Waals surface area contributed by atoms with E-state index in [0.29, 0.717) is 13.1 Å². The molecule has 0 radical (unpaired) electrons. The van der Waals surface area contributed by atoms with Gasteiger partial charge in [-0.3, -0.25) is 9.59 Å². The Balaban J connectivity index is 1.59. The van der Waals surface area contributed by atoms with E-state index in [1.807, 2.05) is 30.6 Å². The molecular weight excluding hydrogens is 304 g/mol. The largest absolute Gasteiger partial charge is 0.336 e. The summed E-state index contributed by atoms with van der Waals surface area (Å²) >= 11 is 0. The van der Waals surface area contributed by atoms with Gasteiger partial charge in [0.2, 0.25) is 0 Å². The van der Waals surface area contributed by atoms with Gasteiger partial charge in [0, 0.05) is 26.3 Å². The molecule has 1 aliphatic rings. The zero-order valence-corrected chi connectivity index (χ0v) is 13.4. The summed E-state index contributed by atoms with van der Waals surface area (Å²) in [6.07, 6.45) is 4.35. The summed E-state index contributed by atoms with van der Waals surface area (Å²) in [5.74, 6) is -0.192. The van der Waals surface area contributed by atoms with Crippen molar-refractivity contribution >= 4 is 16.9 Å². The van der Waals surface area contributed by atoms with Gasteiger partial charge >= 0.3 is 0 Å². The normalized spacial score (nSPS) is 17.5. The highest BCUT2D eigenvalue weighted by atomic mass is 16.2. The van der Waals surface area contributed by atoms with Crippen molar-refractivity contribution in [2.24, 2.45) is 7.05 Å². The van der Waals surface area contributed by atoms with Crippen LogP contribution in [0.4, 0.5) is 0 Å². The lowest BCUT2D eigenvalue weighted by Crippen LogP contribution is -2.34. The Morgan fingerprint density at radius 2 is 2.04 bits per heavy atom. The molecule has 6 heteroatoms. The number of amides is 1. The minimum atomic E-state index is -0.251. The Morgan fingerprint density at radius 3 is 2.92 bits per heavy atom. The van der Waals surface area contributed by atoms with E-state index in [1.165, 1.54) is 4.57 Å². The predicted molar refractivity (Wildman–Crippen MR) is 91.0 cm³/mol. The van der Waals surface area contributed by atoms with E-state index >= 15 is 0 Å². The zero-order chi connectivity index (χ0) is 16.7. The maximum absolute atomic E-state index is 12.7. The summed E-state index contributed by atoms with van der Waals surface area (Å²) in [6.45, 7) is 1.24. The van der Waals surface area contributed by atoms with Gasteiger partial charge in [0.15, 0.2) is 0 Å². The Hall–Kier alpha value is -2.89. The SMILES string of the molecule is Cn1cccc(C(=O)N2CC[C@H](n3cnc4ccccc43)C2)c1=O. The summed E-state index contributed by atoms with van der Waals surface area (Å²) in [7, 11) is 1.66. The fraction of sp³-hybridized carbons (Fsp3) is 0.278. The zero-order valence-electron chi connectivity index (χ0n) is 13.4. The van der Waals surface area contributed by atoms with Gasteiger partial charge in [-0.05, 0) is 30.7 Å². The van der Waals surface area contributed by atoms with E-state index < -0.39 is 0 Å². The van der Waals surface area contributed by atoms with Gasteiger partial charge in [0.25, 0.3) is 11.5 Å². The Morgan fingerprint density at radius 1 is 1.21 bits per heavy atom.